The summed E-state index contributed by atoms with van der Waals surface area (Å²) in [5.74, 6) is 1.33. The van der Waals surface area contributed by atoms with Crippen LogP contribution in [0.4, 0.5) is 0 Å². The second kappa shape index (κ2) is 11.0. The van der Waals surface area contributed by atoms with E-state index in [0.29, 0.717) is 47.0 Å². The van der Waals surface area contributed by atoms with Crippen molar-refractivity contribution in [1.29, 1.82) is 0 Å². The van der Waals surface area contributed by atoms with Crippen LogP contribution in [0.15, 0.2) is 67.0 Å². The number of hydrogen-bond donors (Lipinski definition) is 0. The van der Waals surface area contributed by atoms with Crippen LogP contribution >= 0.6 is 35.6 Å². The van der Waals surface area contributed by atoms with E-state index in [1.165, 1.54) is 11.8 Å². The first-order chi connectivity index (χ1) is 16.0. The lowest BCUT2D eigenvalue weighted by molar-refractivity contribution is -0.126. The van der Waals surface area contributed by atoms with Crippen molar-refractivity contribution in [3.63, 3.8) is 0 Å². The molecule has 4 rings (SSSR count). The summed E-state index contributed by atoms with van der Waals surface area (Å²) >= 11 is 13.0. The van der Waals surface area contributed by atoms with Crippen LogP contribution in [0, 0.1) is 0 Å². The topological polar surface area (TPSA) is 51.7 Å². The number of amides is 1. The molecule has 1 amide bonds. The lowest BCUT2D eigenvalue weighted by Crippen LogP contribution is -2.31. The van der Waals surface area contributed by atoms with Crippen molar-refractivity contribution in [2.45, 2.75) is 31.7 Å². The van der Waals surface area contributed by atoms with Gasteiger partial charge in [-0.15, -0.1) is 0 Å². The number of benzene rings is 2. The molecule has 0 saturated carbocycles. The minimum absolute atomic E-state index is 0.0214. The first-order valence-corrected chi connectivity index (χ1v) is 12.2. The molecule has 170 valence electrons. The number of carbonyl (C=O) groups is 1. The van der Waals surface area contributed by atoms with Crippen LogP contribution in [-0.4, -0.2) is 32.0 Å². The summed E-state index contributed by atoms with van der Waals surface area (Å²) in [6, 6.07) is 17.2. The molecule has 1 aromatic heterocycles. The average molecular weight is 499 g/mol. The molecule has 3 aromatic rings. The van der Waals surface area contributed by atoms with Gasteiger partial charge in [-0.25, -0.2) is 0 Å². The van der Waals surface area contributed by atoms with Gasteiger partial charge >= 0.3 is 0 Å². The number of pyridine rings is 1. The van der Waals surface area contributed by atoms with Gasteiger partial charge < -0.3 is 9.47 Å². The molecule has 1 atom stereocenters. The molecule has 1 fully saturated rings. The van der Waals surface area contributed by atoms with Gasteiger partial charge in [0, 0.05) is 17.4 Å². The number of halogens is 1. The highest BCUT2D eigenvalue weighted by Gasteiger charge is 2.36. The van der Waals surface area contributed by atoms with Gasteiger partial charge in [0.05, 0.1) is 18.4 Å². The lowest BCUT2D eigenvalue weighted by Gasteiger charge is -2.16. The maximum atomic E-state index is 13.0. The van der Waals surface area contributed by atoms with Crippen LogP contribution in [0.2, 0.25) is 5.02 Å². The largest absolute Gasteiger partial charge is 0.490 e. The monoisotopic (exact) mass is 498 g/mol. The number of rotatable bonds is 9. The minimum Gasteiger partial charge on any atom is -0.490 e. The van der Waals surface area contributed by atoms with Crippen molar-refractivity contribution in [2.24, 2.45) is 0 Å². The Balaban J connectivity index is 1.44. The highest BCUT2D eigenvalue weighted by molar-refractivity contribution is 8.24. The van der Waals surface area contributed by atoms with E-state index >= 15 is 0 Å². The van der Waals surface area contributed by atoms with E-state index in [9.17, 15) is 4.79 Å². The second-order valence-corrected chi connectivity index (χ2v) is 9.77. The number of aromatic nitrogens is 1. The van der Waals surface area contributed by atoms with Gasteiger partial charge in [0.25, 0.3) is 0 Å². The molecule has 1 saturated heterocycles. The Morgan fingerprint density at radius 1 is 1.06 bits per heavy atom. The number of carbonyl (C=O) groups excluding carboxylic acids is 1. The Bertz CT molecular complexity index is 1140. The summed E-state index contributed by atoms with van der Waals surface area (Å²) in [6.07, 6.45) is 4.02. The van der Waals surface area contributed by atoms with Gasteiger partial charge in [-0.2, -0.15) is 0 Å². The fourth-order valence-electron chi connectivity index (χ4n) is 3.51. The Morgan fingerprint density at radius 3 is 2.67 bits per heavy atom. The van der Waals surface area contributed by atoms with E-state index < -0.39 is 0 Å². The predicted molar refractivity (Wildman–Crippen MR) is 136 cm³/mol. The fourth-order valence-corrected chi connectivity index (χ4v) is 5.26. The quantitative estimate of drug-likeness (QED) is 0.353. The summed E-state index contributed by atoms with van der Waals surface area (Å²) in [6.45, 7) is 3.26. The summed E-state index contributed by atoms with van der Waals surface area (Å²) in [5, 5.41) is 0.410. The number of ether oxygens (including phenoxy) is 2. The molecule has 0 N–H and O–H groups in total. The van der Waals surface area contributed by atoms with Gasteiger partial charge in [0.15, 0.2) is 11.5 Å². The van der Waals surface area contributed by atoms with Gasteiger partial charge in [-0.3, -0.25) is 14.7 Å². The molecular formula is C25H23ClN2O3S2. The number of nitrogens with zero attached hydrogens (tertiary/aromatic N) is 2. The van der Waals surface area contributed by atoms with Gasteiger partial charge in [0.2, 0.25) is 5.91 Å². The van der Waals surface area contributed by atoms with E-state index in [1.54, 1.807) is 17.3 Å². The standard InChI is InChI=1S/C25H23ClN2O3S2/c1-2-30-22-12-17(8-9-21(22)31-16-18-5-3-7-20(26)11-18)13-23-24(29)28(25(32)33-23)15-19-6-4-10-27-14-19/h3-12,14,23H,2,13,15-16H2,1H3/t23-/m0/s1. The molecule has 8 heteroatoms. The van der Waals surface area contributed by atoms with Crippen LogP contribution in [0.1, 0.15) is 23.6 Å². The number of thioether (sulfide) groups is 1. The van der Waals surface area contributed by atoms with Gasteiger partial charge in [0.1, 0.15) is 10.9 Å². The minimum atomic E-state index is -0.262. The van der Waals surface area contributed by atoms with Gasteiger partial charge in [-0.1, -0.05) is 59.8 Å². The zero-order chi connectivity index (χ0) is 23.2. The summed E-state index contributed by atoms with van der Waals surface area (Å²) in [4.78, 5) is 18.8. The van der Waals surface area contributed by atoms with Gasteiger partial charge in [-0.05, 0) is 60.4 Å². The molecule has 0 spiro atoms. The highest BCUT2D eigenvalue weighted by Crippen LogP contribution is 2.34. The van der Waals surface area contributed by atoms with Crippen molar-refractivity contribution in [1.82, 2.24) is 9.88 Å². The van der Waals surface area contributed by atoms with Crippen molar-refractivity contribution in [2.75, 3.05) is 6.61 Å². The summed E-state index contributed by atoms with van der Waals surface area (Å²) in [5.41, 5.74) is 2.92. The molecule has 5 nitrogen and oxygen atoms in total. The van der Waals surface area contributed by atoms with Crippen molar-refractivity contribution in [3.8, 4) is 11.5 Å². The third-order valence-electron chi connectivity index (χ3n) is 5.08. The Labute approximate surface area is 208 Å². The molecule has 0 aliphatic carbocycles. The maximum absolute atomic E-state index is 13.0. The fraction of sp³-hybridized carbons (Fsp3) is 0.240. The maximum Gasteiger partial charge on any atom is 0.242 e. The van der Waals surface area contributed by atoms with Crippen LogP contribution in [0.5, 0.6) is 11.5 Å². The zero-order valence-electron chi connectivity index (χ0n) is 18.1. The Kier molecular flexibility index (Phi) is 7.85. The molecule has 2 aromatic carbocycles. The van der Waals surface area contributed by atoms with Crippen LogP contribution in [0.3, 0.4) is 0 Å². The number of thiocarbonyl (C=S) groups is 1. The Morgan fingerprint density at radius 2 is 1.91 bits per heavy atom. The molecule has 0 unspecified atom stereocenters. The normalized spacial score (nSPS) is 15.7. The van der Waals surface area contributed by atoms with Crippen molar-refractivity contribution in [3.05, 3.63) is 88.7 Å². The van der Waals surface area contributed by atoms with Crippen molar-refractivity contribution < 1.29 is 14.3 Å². The summed E-state index contributed by atoms with van der Waals surface area (Å²) < 4.78 is 12.4. The molecule has 2 heterocycles. The SMILES string of the molecule is CCOc1cc(C[C@@H]2SC(=S)N(Cc3cccnc3)C2=O)ccc1OCc1cccc(Cl)c1. The van der Waals surface area contributed by atoms with E-state index in [2.05, 4.69) is 4.98 Å². The molecule has 1 aliphatic heterocycles. The van der Waals surface area contributed by atoms with Crippen LogP contribution < -0.4 is 9.47 Å². The predicted octanol–water partition coefficient (Wildman–Crippen LogP) is 5.68. The van der Waals surface area contributed by atoms with Crippen molar-refractivity contribution >= 4 is 45.8 Å². The molecule has 0 bridgehead atoms. The van der Waals surface area contributed by atoms with Crippen LogP contribution in [-0.2, 0) is 24.4 Å². The van der Waals surface area contributed by atoms with E-state index in [1.807, 2.05) is 61.5 Å². The van der Waals surface area contributed by atoms with E-state index in [4.69, 9.17) is 33.3 Å². The third-order valence-corrected chi connectivity index (χ3v) is 6.90. The molecule has 0 radical (unpaired) electrons. The van der Waals surface area contributed by atoms with E-state index in [-0.39, 0.29) is 11.2 Å². The van der Waals surface area contributed by atoms with Crippen LogP contribution in [0.25, 0.3) is 0 Å². The first kappa shape index (κ1) is 23.5. The lowest BCUT2D eigenvalue weighted by atomic mass is 10.1. The summed E-state index contributed by atoms with van der Waals surface area (Å²) in [7, 11) is 0. The first-order valence-electron chi connectivity index (χ1n) is 10.6. The number of hydrogen-bond acceptors (Lipinski definition) is 6. The molecule has 33 heavy (non-hydrogen) atoms. The average Bonchev–Trinajstić information content (AvgIpc) is 3.07. The zero-order valence-corrected chi connectivity index (χ0v) is 20.5. The second-order valence-electron chi connectivity index (χ2n) is 7.49. The van der Waals surface area contributed by atoms with E-state index in [0.717, 1.165) is 16.7 Å². The Hall–Kier alpha value is -2.61. The molecular weight excluding hydrogens is 476 g/mol. The smallest absolute Gasteiger partial charge is 0.242 e. The molecule has 1 aliphatic rings. The highest BCUT2D eigenvalue weighted by atomic mass is 35.5. The third kappa shape index (κ3) is 6.05.